The summed E-state index contributed by atoms with van der Waals surface area (Å²) in [4.78, 5) is 17.4. The first-order valence-electron chi connectivity index (χ1n) is 13.3. The van der Waals surface area contributed by atoms with Crippen molar-refractivity contribution in [2.45, 2.75) is 64.7 Å². The number of H-pyrrole nitrogens is 1. The van der Waals surface area contributed by atoms with E-state index in [1.54, 1.807) is 56.7 Å². The number of aromatic nitrogens is 4. The summed E-state index contributed by atoms with van der Waals surface area (Å²) in [6, 6.07) is 8.75. The lowest BCUT2D eigenvalue weighted by molar-refractivity contribution is -0.266. The Morgan fingerprint density at radius 3 is 2.27 bits per heavy atom. The number of rotatable bonds is 9. The van der Waals surface area contributed by atoms with Gasteiger partial charge in [-0.15, -0.1) is 0 Å². The Morgan fingerprint density at radius 2 is 1.68 bits per heavy atom. The Labute approximate surface area is 233 Å². The predicted molar refractivity (Wildman–Crippen MR) is 153 cm³/mol. The van der Waals surface area contributed by atoms with Crippen LogP contribution >= 0.6 is 0 Å². The number of nitrogens with zero attached hydrogens (tertiary/aromatic N) is 4. The monoisotopic (exact) mass is 557 g/mol. The van der Waals surface area contributed by atoms with Gasteiger partial charge in [0.25, 0.3) is 0 Å². The first-order chi connectivity index (χ1) is 18.9. The third-order valence-electron chi connectivity index (χ3n) is 6.98. The molecule has 3 heterocycles. The number of benzene rings is 1. The van der Waals surface area contributed by atoms with E-state index in [1.807, 2.05) is 38.8 Å². The summed E-state index contributed by atoms with van der Waals surface area (Å²) in [6.45, 7) is 10.1. The fourth-order valence-electron chi connectivity index (χ4n) is 4.81. The van der Waals surface area contributed by atoms with Crippen LogP contribution in [0.15, 0.2) is 55.2 Å². The maximum atomic E-state index is 14.5. The van der Waals surface area contributed by atoms with Crippen LogP contribution in [0.1, 0.15) is 52.3 Å². The smallest absolute Gasteiger partial charge is 0.417 e. The summed E-state index contributed by atoms with van der Waals surface area (Å²) >= 11 is 0. The Bertz CT molecular complexity index is 1410. The number of methoxy groups -OCH3 is 1. The zero-order valence-electron chi connectivity index (χ0n) is 24.1. The number of hydrogen-bond donors (Lipinski definition) is 2. The van der Waals surface area contributed by atoms with Gasteiger partial charge in [0.1, 0.15) is 17.9 Å². The molecule has 0 bridgehead atoms. The lowest BCUT2D eigenvalue weighted by Crippen LogP contribution is -2.51. The van der Waals surface area contributed by atoms with E-state index in [-0.39, 0.29) is 5.69 Å². The molecule has 0 fully saturated rings. The third kappa shape index (κ3) is 6.55. The SMILES string of the molecule is CC.CCN(C)c1cc2cc(CC(O)(CC(C)(C)c3cc(-c4cncnc4)ccc3OC)C(F)(F)F)[nH]c2cn1. The molecular formula is C30H38F3N5O2. The molecule has 0 aliphatic carbocycles. The van der Waals surface area contributed by atoms with Gasteiger partial charge in [0.2, 0.25) is 0 Å². The van der Waals surface area contributed by atoms with Crippen molar-refractivity contribution in [2.24, 2.45) is 0 Å². The molecule has 2 N–H and O–H groups in total. The van der Waals surface area contributed by atoms with E-state index in [2.05, 4.69) is 19.9 Å². The van der Waals surface area contributed by atoms with E-state index in [0.29, 0.717) is 22.6 Å². The molecule has 1 aromatic carbocycles. The molecule has 0 saturated heterocycles. The van der Waals surface area contributed by atoms with E-state index in [4.69, 9.17) is 4.74 Å². The van der Waals surface area contributed by atoms with Crippen molar-refractivity contribution in [1.82, 2.24) is 19.9 Å². The quantitative estimate of drug-likeness (QED) is 0.238. The molecule has 216 valence electrons. The molecule has 0 aliphatic heterocycles. The van der Waals surface area contributed by atoms with Crippen LogP contribution in [0.5, 0.6) is 5.75 Å². The van der Waals surface area contributed by atoms with Crippen molar-refractivity contribution in [3.63, 3.8) is 0 Å². The molecule has 1 atom stereocenters. The Morgan fingerprint density at radius 1 is 1.00 bits per heavy atom. The van der Waals surface area contributed by atoms with E-state index >= 15 is 0 Å². The summed E-state index contributed by atoms with van der Waals surface area (Å²) in [5, 5.41) is 12.0. The van der Waals surface area contributed by atoms with Crippen molar-refractivity contribution in [1.29, 1.82) is 0 Å². The Balaban J connectivity index is 0.00000216. The van der Waals surface area contributed by atoms with Gasteiger partial charge in [-0.25, -0.2) is 15.0 Å². The maximum Gasteiger partial charge on any atom is 0.417 e. The first kappa shape index (κ1) is 30.9. The van der Waals surface area contributed by atoms with Crippen molar-refractivity contribution >= 4 is 16.7 Å². The predicted octanol–water partition coefficient (Wildman–Crippen LogP) is 6.71. The van der Waals surface area contributed by atoms with Gasteiger partial charge in [0.05, 0.1) is 18.8 Å². The fourth-order valence-corrected chi connectivity index (χ4v) is 4.81. The molecule has 10 heteroatoms. The van der Waals surface area contributed by atoms with Crippen LogP contribution in [-0.4, -0.2) is 57.5 Å². The fraction of sp³-hybridized carbons (Fsp3) is 0.433. The van der Waals surface area contributed by atoms with Crippen LogP contribution in [-0.2, 0) is 11.8 Å². The van der Waals surface area contributed by atoms with Gasteiger partial charge < -0.3 is 19.7 Å². The molecule has 3 aromatic heterocycles. The number of alkyl halides is 3. The molecular weight excluding hydrogens is 519 g/mol. The number of aliphatic hydroxyl groups is 1. The third-order valence-corrected chi connectivity index (χ3v) is 6.98. The van der Waals surface area contributed by atoms with Crippen LogP contribution in [0, 0.1) is 0 Å². The van der Waals surface area contributed by atoms with Gasteiger partial charge in [-0.2, -0.15) is 13.2 Å². The number of anilines is 1. The zero-order valence-corrected chi connectivity index (χ0v) is 24.1. The van der Waals surface area contributed by atoms with Gasteiger partial charge in [-0.3, -0.25) is 0 Å². The van der Waals surface area contributed by atoms with Crippen molar-refractivity contribution in [3.05, 3.63) is 66.5 Å². The van der Waals surface area contributed by atoms with E-state index in [0.717, 1.165) is 23.1 Å². The number of nitrogens with one attached hydrogen (secondary N) is 1. The van der Waals surface area contributed by atoms with Crippen LogP contribution in [0.25, 0.3) is 22.0 Å². The van der Waals surface area contributed by atoms with Crippen LogP contribution in [0.4, 0.5) is 19.0 Å². The van der Waals surface area contributed by atoms with E-state index < -0.39 is 30.0 Å². The molecule has 1 unspecified atom stereocenters. The lowest BCUT2D eigenvalue weighted by Gasteiger charge is -2.38. The second-order valence-electron chi connectivity index (χ2n) is 10.2. The molecule has 4 aromatic rings. The highest BCUT2D eigenvalue weighted by atomic mass is 19.4. The standard InChI is InChI=1S/C28H32F3N5O2.C2H6/c1-6-36(4)25-11-19-9-21(35-23(19)15-34-25)12-27(37,28(29,30)31)16-26(2,3)22-10-18(7-8-24(22)38-5)20-13-32-17-33-14-20;1-2/h7-11,13-15,17,35,37H,6,12,16H2,1-5H3;1-2H3. The number of pyridine rings is 1. The summed E-state index contributed by atoms with van der Waals surface area (Å²) in [7, 11) is 3.36. The summed E-state index contributed by atoms with van der Waals surface area (Å²) in [5.74, 6) is 1.15. The summed E-state index contributed by atoms with van der Waals surface area (Å²) in [6.07, 6.45) is 0.155. The minimum atomic E-state index is -4.88. The second-order valence-corrected chi connectivity index (χ2v) is 10.2. The topological polar surface area (TPSA) is 87.2 Å². The van der Waals surface area contributed by atoms with Gasteiger partial charge in [0, 0.05) is 54.6 Å². The highest BCUT2D eigenvalue weighted by molar-refractivity contribution is 5.82. The molecule has 0 aliphatic rings. The molecule has 0 amide bonds. The highest BCUT2D eigenvalue weighted by Crippen LogP contribution is 2.46. The first-order valence-corrected chi connectivity index (χ1v) is 13.3. The van der Waals surface area contributed by atoms with Crippen molar-refractivity contribution in [2.75, 3.05) is 25.6 Å². The number of halogens is 3. The van der Waals surface area contributed by atoms with E-state index in [1.165, 1.54) is 13.4 Å². The van der Waals surface area contributed by atoms with Crippen LogP contribution < -0.4 is 9.64 Å². The van der Waals surface area contributed by atoms with Crippen molar-refractivity contribution < 1.29 is 23.0 Å². The second kappa shape index (κ2) is 12.2. The maximum absolute atomic E-state index is 14.5. The molecule has 40 heavy (non-hydrogen) atoms. The average Bonchev–Trinajstić information content (AvgIpc) is 3.34. The van der Waals surface area contributed by atoms with Crippen LogP contribution in [0.2, 0.25) is 0 Å². The normalized spacial score (nSPS) is 13.4. The van der Waals surface area contributed by atoms with Gasteiger partial charge in [-0.05, 0) is 48.6 Å². The number of ether oxygens (including phenoxy) is 1. The molecule has 0 spiro atoms. The van der Waals surface area contributed by atoms with Crippen LogP contribution in [0.3, 0.4) is 0 Å². The highest BCUT2D eigenvalue weighted by Gasteiger charge is 2.56. The summed E-state index contributed by atoms with van der Waals surface area (Å²) < 4.78 is 49.0. The minimum Gasteiger partial charge on any atom is -0.496 e. The lowest BCUT2D eigenvalue weighted by atomic mass is 9.72. The minimum absolute atomic E-state index is 0.274. The molecule has 0 radical (unpaired) electrons. The zero-order chi connectivity index (χ0) is 29.7. The van der Waals surface area contributed by atoms with Gasteiger partial charge in [-0.1, -0.05) is 33.8 Å². The number of aromatic amines is 1. The summed E-state index contributed by atoms with van der Waals surface area (Å²) in [5.41, 5.74) is -1.25. The molecule has 4 rings (SSSR count). The Kier molecular flexibility index (Phi) is 9.45. The number of fused-ring (bicyclic) bond motifs is 1. The van der Waals surface area contributed by atoms with Crippen molar-refractivity contribution in [3.8, 4) is 16.9 Å². The van der Waals surface area contributed by atoms with E-state index in [9.17, 15) is 18.3 Å². The number of hydrogen-bond acceptors (Lipinski definition) is 6. The molecule has 0 saturated carbocycles. The largest absolute Gasteiger partial charge is 0.496 e. The van der Waals surface area contributed by atoms with Gasteiger partial charge >= 0.3 is 6.18 Å². The molecule has 7 nitrogen and oxygen atoms in total. The Hall–Kier alpha value is -3.66. The average molecular weight is 558 g/mol. The van der Waals surface area contributed by atoms with Gasteiger partial charge in [0.15, 0.2) is 5.60 Å².